The van der Waals surface area contributed by atoms with Crippen LogP contribution < -0.4 is 11.1 Å². The van der Waals surface area contributed by atoms with Crippen molar-refractivity contribution < 1.29 is 14.7 Å². The van der Waals surface area contributed by atoms with E-state index in [-0.39, 0.29) is 12.5 Å². The topological polar surface area (TPSA) is 92.4 Å². The van der Waals surface area contributed by atoms with Crippen molar-refractivity contribution in [1.29, 1.82) is 0 Å². The second kappa shape index (κ2) is 6.22. The molecular weight excluding hydrogens is 244 g/mol. The Kier molecular flexibility index (Phi) is 4.92. The fourth-order valence-corrected chi connectivity index (χ4v) is 1.91. The molecule has 0 aliphatic rings. The first kappa shape index (κ1) is 15.0. The molecule has 0 radical (unpaired) electrons. The van der Waals surface area contributed by atoms with E-state index in [0.717, 1.165) is 0 Å². The standard InChI is InChI=1S/C14H20N2O3/c1-3-14(4-2,13(18)19)9-16-12(17)10-6-5-7-11(15)8-10/h5-8H,3-4,9,15H2,1-2H3,(H,16,17)(H,18,19). The molecule has 19 heavy (non-hydrogen) atoms. The summed E-state index contributed by atoms with van der Waals surface area (Å²) < 4.78 is 0. The van der Waals surface area contributed by atoms with E-state index >= 15 is 0 Å². The number of nitrogens with one attached hydrogen (secondary N) is 1. The van der Waals surface area contributed by atoms with Gasteiger partial charge in [-0.3, -0.25) is 9.59 Å². The van der Waals surface area contributed by atoms with Crippen molar-refractivity contribution in [3.8, 4) is 0 Å². The molecule has 1 amide bonds. The average molecular weight is 264 g/mol. The lowest BCUT2D eigenvalue weighted by Crippen LogP contribution is -2.42. The normalized spacial score (nSPS) is 11.1. The first-order valence-corrected chi connectivity index (χ1v) is 6.32. The van der Waals surface area contributed by atoms with Crippen molar-refractivity contribution in [3.63, 3.8) is 0 Å². The highest BCUT2D eigenvalue weighted by molar-refractivity contribution is 5.95. The smallest absolute Gasteiger partial charge is 0.311 e. The molecule has 4 N–H and O–H groups in total. The van der Waals surface area contributed by atoms with Gasteiger partial charge in [-0.2, -0.15) is 0 Å². The van der Waals surface area contributed by atoms with E-state index in [1.165, 1.54) is 0 Å². The Morgan fingerprint density at radius 2 is 1.95 bits per heavy atom. The number of carbonyl (C=O) groups excluding carboxylic acids is 1. The Bertz CT molecular complexity index is 468. The number of carbonyl (C=O) groups is 2. The number of hydrogen-bond acceptors (Lipinski definition) is 3. The highest BCUT2D eigenvalue weighted by Gasteiger charge is 2.35. The van der Waals surface area contributed by atoms with Crippen molar-refractivity contribution in [3.05, 3.63) is 29.8 Å². The molecule has 5 heteroatoms. The van der Waals surface area contributed by atoms with E-state index in [9.17, 15) is 14.7 Å². The summed E-state index contributed by atoms with van der Waals surface area (Å²) in [4.78, 5) is 23.3. The highest BCUT2D eigenvalue weighted by Crippen LogP contribution is 2.25. The van der Waals surface area contributed by atoms with Crippen molar-refractivity contribution in [2.45, 2.75) is 26.7 Å². The van der Waals surface area contributed by atoms with E-state index in [2.05, 4.69) is 5.32 Å². The highest BCUT2D eigenvalue weighted by atomic mass is 16.4. The zero-order valence-electron chi connectivity index (χ0n) is 11.3. The molecule has 104 valence electrons. The number of anilines is 1. The molecule has 0 spiro atoms. The minimum absolute atomic E-state index is 0.114. The van der Waals surface area contributed by atoms with Gasteiger partial charge in [-0.25, -0.2) is 0 Å². The summed E-state index contributed by atoms with van der Waals surface area (Å²) in [5.41, 5.74) is 5.64. The van der Waals surface area contributed by atoms with Gasteiger partial charge in [0.25, 0.3) is 5.91 Å². The lowest BCUT2D eigenvalue weighted by Gasteiger charge is -2.26. The lowest BCUT2D eigenvalue weighted by molar-refractivity contribution is -0.149. The summed E-state index contributed by atoms with van der Waals surface area (Å²) >= 11 is 0. The number of amides is 1. The van der Waals surface area contributed by atoms with Crippen molar-refractivity contribution in [1.82, 2.24) is 5.32 Å². The maximum absolute atomic E-state index is 11.9. The van der Waals surface area contributed by atoms with Gasteiger partial charge in [-0.05, 0) is 31.0 Å². The third kappa shape index (κ3) is 3.47. The molecule has 0 saturated carbocycles. The van der Waals surface area contributed by atoms with E-state index in [0.29, 0.717) is 24.1 Å². The lowest BCUT2D eigenvalue weighted by atomic mass is 9.82. The number of carboxylic acids is 1. The second-order valence-electron chi connectivity index (χ2n) is 4.60. The third-order valence-electron chi connectivity index (χ3n) is 3.54. The predicted molar refractivity (Wildman–Crippen MR) is 73.8 cm³/mol. The third-order valence-corrected chi connectivity index (χ3v) is 3.54. The van der Waals surface area contributed by atoms with Crippen LogP contribution in [0.25, 0.3) is 0 Å². The second-order valence-corrected chi connectivity index (χ2v) is 4.60. The molecular formula is C14H20N2O3. The van der Waals surface area contributed by atoms with Crippen LogP contribution in [0.3, 0.4) is 0 Å². The van der Waals surface area contributed by atoms with Crippen molar-refractivity contribution in [2.24, 2.45) is 5.41 Å². The molecule has 0 bridgehead atoms. The van der Waals surface area contributed by atoms with Crippen LogP contribution in [-0.4, -0.2) is 23.5 Å². The van der Waals surface area contributed by atoms with Crippen molar-refractivity contribution in [2.75, 3.05) is 12.3 Å². The number of hydrogen-bond donors (Lipinski definition) is 3. The molecule has 0 heterocycles. The van der Waals surface area contributed by atoms with Gasteiger partial charge < -0.3 is 16.2 Å². The Balaban J connectivity index is 2.75. The maximum Gasteiger partial charge on any atom is 0.311 e. The molecule has 0 aliphatic carbocycles. The minimum Gasteiger partial charge on any atom is -0.481 e. The Hall–Kier alpha value is -2.04. The quantitative estimate of drug-likeness (QED) is 0.684. The SMILES string of the molecule is CCC(CC)(CNC(=O)c1cccc(N)c1)C(=O)O. The molecule has 1 aromatic carbocycles. The van der Waals surface area contributed by atoms with E-state index < -0.39 is 11.4 Å². The van der Waals surface area contributed by atoms with E-state index in [4.69, 9.17) is 5.73 Å². The van der Waals surface area contributed by atoms with Gasteiger partial charge >= 0.3 is 5.97 Å². The molecule has 5 nitrogen and oxygen atoms in total. The monoisotopic (exact) mass is 264 g/mol. The first-order chi connectivity index (χ1) is 8.95. The molecule has 0 aromatic heterocycles. The summed E-state index contributed by atoms with van der Waals surface area (Å²) in [6, 6.07) is 6.59. The van der Waals surface area contributed by atoms with Gasteiger partial charge in [-0.1, -0.05) is 19.9 Å². The molecule has 1 aromatic rings. The molecule has 0 aliphatic heterocycles. The average Bonchev–Trinajstić information content (AvgIpc) is 2.40. The fraction of sp³-hybridized carbons (Fsp3) is 0.429. The van der Waals surface area contributed by atoms with Crippen molar-refractivity contribution >= 4 is 17.6 Å². The van der Waals surface area contributed by atoms with Gasteiger partial charge in [0.15, 0.2) is 0 Å². The number of nitrogen functional groups attached to an aromatic ring is 1. The summed E-state index contributed by atoms with van der Waals surface area (Å²) in [6.45, 7) is 3.73. The molecule has 0 fully saturated rings. The van der Waals surface area contributed by atoms with Crippen LogP contribution in [0.5, 0.6) is 0 Å². The molecule has 0 unspecified atom stereocenters. The summed E-state index contributed by atoms with van der Waals surface area (Å²) in [6.07, 6.45) is 0.937. The number of carboxylic acid groups (broad SMARTS) is 1. The number of aliphatic carboxylic acids is 1. The minimum atomic E-state index is -0.907. The molecule has 0 saturated heterocycles. The first-order valence-electron chi connectivity index (χ1n) is 6.32. The largest absolute Gasteiger partial charge is 0.481 e. The van der Waals surface area contributed by atoms with Gasteiger partial charge in [0.05, 0.1) is 5.41 Å². The van der Waals surface area contributed by atoms with Crippen LogP contribution in [-0.2, 0) is 4.79 Å². The van der Waals surface area contributed by atoms with Crippen LogP contribution >= 0.6 is 0 Å². The van der Waals surface area contributed by atoms with Gasteiger partial charge in [0.1, 0.15) is 0 Å². The van der Waals surface area contributed by atoms with Crippen LogP contribution in [0.1, 0.15) is 37.0 Å². The summed E-state index contributed by atoms with van der Waals surface area (Å²) in [5, 5.41) is 12.0. The van der Waals surface area contributed by atoms with Gasteiger partial charge in [0, 0.05) is 17.8 Å². The Labute approximate surface area is 112 Å². The Morgan fingerprint density at radius 3 is 2.42 bits per heavy atom. The number of nitrogens with two attached hydrogens (primary N) is 1. The zero-order valence-corrected chi connectivity index (χ0v) is 11.3. The Morgan fingerprint density at radius 1 is 1.32 bits per heavy atom. The van der Waals surface area contributed by atoms with E-state index in [1.54, 1.807) is 24.3 Å². The molecule has 0 atom stereocenters. The van der Waals surface area contributed by atoms with Crippen LogP contribution in [0.2, 0.25) is 0 Å². The van der Waals surface area contributed by atoms with Crippen LogP contribution in [0.4, 0.5) is 5.69 Å². The predicted octanol–water partition coefficient (Wildman–Crippen LogP) is 1.89. The summed E-state index contributed by atoms with van der Waals surface area (Å²) in [7, 11) is 0. The van der Waals surface area contributed by atoms with Gasteiger partial charge in [-0.15, -0.1) is 0 Å². The van der Waals surface area contributed by atoms with Crippen LogP contribution in [0.15, 0.2) is 24.3 Å². The summed E-state index contributed by atoms with van der Waals surface area (Å²) in [5.74, 6) is -1.19. The fourth-order valence-electron chi connectivity index (χ4n) is 1.91. The zero-order chi connectivity index (χ0) is 14.5. The van der Waals surface area contributed by atoms with E-state index in [1.807, 2.05) is 13.8 Å². The molecule has 1 rings (SSSR count). The number of benzene rings is 1. The van der Waals surface area contributed by atoms with Gasteiger partial charge in [0.2, 0.25) is 0 Å². The number of rotatable bonds is 6. The maximum atomic E-state index is 11.9. The van der Waals surface area contributed by atoms with Crippen LogP contribution in [0, 0.1) is 5.41 Å².